The molecule has 1 heterocycles. The summed E-state index contributed by atoms with van der Waals surface area (Å²) in [4.78, 5) is 12.5. The molecule has 8 heteroatoms. The first-order valence-corrected chi connectivity index (χ1v) is 7.91. The molecule has 136 valence electrons. The van der Waals surface area contributed by atoms with Crippen molar-refractivity contribution in [3.05, 3.63) is 47.4 Å². The highest BCUT2D eigenvalue weighted by molar-refractivity contribution is 5.97. The molecule has 1 aromatic rings. The van der Waals surface area contributed by atoms with Gasteiger partial charge in [-0.1, -0.05) is 30.3 Å². The van der Waals surface area contributed by atoms with Crippen LogP contribution in [0.4, 0.5) is 0 Å². The fourth-order valence-electron chi connectivity index (χ4n) is 2.77. The smallest absolute Gasteiger partial charge is 0.337 e. The van der Waals surface area contributed by atoms with E-state index in [0.29, 0.717) is 5.56 Å². The van der Waals surface area contributed by atoms with Crippen molar-refractivity contribution < 1.29 is 19.4 Å². The molecule has 0 aromatic heterocycles. The molecule has 0 amide bonds. The lowest BCUT2D eigenvalue weighted by Crippen LogP contribution is -2.43. The Bertz CT molecular complexity index is 902. The standard InChI is InChI=1S/C19H16N4O4/c1-19(2)26-17(24)15(18(25)27-19)14(11-6-4-3-5-7-11)13(10-22)16(23)12(8-20)9-21/h3-7,12-14,23-24H,1-2H3/p-1/t13-,14+/m0/s1. The average molecular weight is 363 g/mol. The number of hydrogen-bond donors (Lipinski definition) is 1. The maximum atomic E-state index is 12.5. The number of ether oxygens (including phenoxy) is 2. The van der Waals surface area contributed by atoms with Gasteiger partial charge in [0.25, 0.3) is 0 Å². The summed E-state index contributed by atoms with van der Waals surface area (Å²) in [6.07, 6.45) is 0. The molecular weight excluding hydrogens is 348 g/mol. The molecule has 2 rings (SSSR count). The fourth-order valence-corrected chi connectivity index (χ4v) is 2.77. The van der Waals surface area contributed by atoms with Crippen molar-refractivity contribution in [3.63, 3.8) is 0 Å². The number of nitriles is 3. The van der Waals surface area contributed by atoms with E-state index in [2.05, 4.69) is 0 Å². The Balaban J connectivity index is 2.66. The Hall–Kier alpha value is -3.83. The van der Waals surface area contributed by atoms with Gasteiger partial charge < -0.3 is 20.0 Å². The van der Waals surface area contributed by atoms with Crippen LogP contribution in [0, 0.1) is 51.2 Å². The van der Waals surface area contributed by atoms with Gasteiger partial charge in [-0.2, -0.15) is 15.8 Å². The average Bonchev–Trinajstić information content (AvgIpc) is 2.61. The van der Waals surface area contributed by atoms with Crippen molar-refractivity contribution in [1.82, 2.24) is 0 Å². The zero-order chi connectivity index (χ0) is 20.2. The maximum Gasteiger partial charge on any atom is 0.337 e. The number of nitrogens with one attached hydrogen (secondary N) is 1. The second kappa shape index (κ2) is 7.59. The highest BCUT2D eigenvalue weighted by Crippen LogP contribution is 2.39. The molecule has 1 aliphatic rings. The number of rotatable bonds is 5. The molecule has 0 saturated carbocycles. The zero-order valence-electron chi connectivity index (χ0n) is 14.6. The van der Waals surface area contributed by atoms with Crippen LogP contribution in [0.1, 0.15) is 25.3 Å². The van der Waals surface area contributed by atoms with Gasteiger partial charge in [0.2, 0.25) is 0 Å². The predicted molar refractivity (Wildman–Crippen MR) is 89.0 cm³/mol. The van der Waals surface area contributed by atoms with Gasteiger partial charge in [-0.3, -0.25) is 0 Å². The van der Waals surface area contributed by atoms with Gasteiger partial charge in [0, 0.05) is 5.92 Å². The fraction of sp³-hybridized carbons (Fsp3) is 0.316. The first-order chi connectivity index (χ1) is 12.8. The molecule has 0 fully saturated rings. The first-order valence-electron chi connectivity index (χ1n) is 7.91. The third-order valence-electron chi connectivity index (χ3n) is 3.96. The second-order valence-electron chi connectivity index (χ2n) is 6.23. The van der Waals surface area contributed by atoms with Crippen molar-refractivity contribution in [2.24, 2.45) is 11.8 Å². The minimum absolute atomic E-state index is 0.382. The van der Waals surface area contributed by atoms with Gasteiger partial charge in [-0.15, -0.1) is 0 Å². The molecule has 0 aliphatic carbocycles. The Kier molecular flexibility index (Phi) is 5.48. The molecule has 1 aliphatic heterocycles. The highest BCUT2D eigenvalue weighted by Gasteiger charge is 2.41. The van der Waals surface area contributed by atoms with E-state index in [1.165, 1.54) is 13.8 Å². The Morgan fingerprint density at radius 2 is 1.70 bits per heavy atom. The summed E-state index contributed by atoms with van der Waals surface area (Å²) >= 11 is 0. The predicted octanol–water partition coefficient (Wildman–Crippen LogP) is 1.47. The van der Waals surface area contributed by atoms with E-state index in [-0.39, 0.29) is 0 Å². The van der Waals surface area contributed by atoms with Crippen LogP contribution in [0.25, 0.3) is 0 Å². The van der Waals surface area contributed by atoms with Crippen LogP contribution < -0.4 is 5.11 Å². The molecule has 0 spiro atoms. The molecule has 0 saturated heterocycles. The number of hydrogen-bond acceptors (Lipinski definition) is 8. The summed E-state index contributed by atoms with van der Waals surface area (Å²) in [5, 5.41) is 48.4. The Morgan fingerprint density at radius 1 is 1.11 bits per heavy atom. The summed E-state index contributed by atoms with van der Waals surface area (Å²) in [5.74, 6) is -7.52. The second-order valence-corrected chi connectivity index (χ2v) is 6.23. The molecule has 2 atom stereocenters. The Labute approximate surface area is 156 Å². The van der Waals surface area contributed by atoms with Crippen molar-refractivity contribution >= 4 is 11.7 Å². The number of carbonyl (C=O) groups is 1. The molecule has 8 nitrogen and oxygen atoms in total. The minimum Gasteiger partial charge on any atom is -0.575 e. The molecule has 1 aromatic carbocycles. The van der Waals surface area contributed by atoms with Crippen LogP contribution in [-0.2, 0) is 14.3 Å². The van der Waals surface area contributed by atoms with Crippen LogP contribution in [0.5, 0.6) is 0 Å². The lowest BCUT2D eigenvalue weighted by atomic mass is 9.76. The molecule has 0 radical (unpaired) electrons. The van der Waals surface area contributed by atoms with E-state index < -0.39 is 46.7 Å². The highest BCUT2D eigenvalue weighted by atomic mass is 16.8. The summed E-state index contributed by atoms with van der Waals surface area (Å²) in [6.45, 7) is 2.78. The lowest BCUT2D eigenvalue weighted by molar-refractivity contribution is -0.394. The monoisotopic (exact) mass is 363 g/mol. The number of benzene rings is 1. The summed E-state index contributed by atoms with van der Waals surface area (Å²) in [7, 11) is 0. The van der Waals surface area contributed by atoms with Gasteiger partial charge >= 0.3 is 5.97 Å². The molecule has 27 heavy (non-hydrogen) atoms. The summed E-state index contributed by atoms with van der Waals surface area (Å²) in [6, 6.07) is 13.2. The van der Waals surface area contributed by atoms with E-state index in [4.69, 9.17) is 25.4 Å². The van der Waals surface area contributed by atoms with Crippen LogP contribution >= 0.6 is 0 Å². The number of carbonyl (C=O) groups excluding carboxylic acids is 1. The van der Waals surface area contributed by atoms with Crippen molar-refractivity contribution in [1.29, 1.82) is 21.2 Å². The van der Waals surface area contributed by atoms with Crippen molar-refractivity contribution in [2.75, 3.05) is 0 Å². The van der Waals surface area contributed by atoms with Gasteiger partial charge in [0.05, 0.1) is 41.4 Å². The van der Waals surface area contributed by atoms with Crippen LogP contribution in [0.2, 0.25) is 0 Å². The van der Waals surface area contributed by atoms with E-state index in [0.717, 1.165) is 0 Å². The normalized spacial score (nSPS) is 17.6. The lowest BCUT2D eigenvalue weighted by Gasteiger charge is -2.41. The van der Waals surface area contributed by atoms with Crippen molar-refractivity contribution in [2.45, 2.75) is 25.6 Å². The van der Waals surface area contributed by atoms with E-state index in [9.17, 15) is 15.2 Å². The zero-order valence-corrected chi connectivity index (χ0v) is 14.6. The minimum atomic E-state index is -1.49. The van der Waals surface area contributed by atoms with Crippen LogP contribution in [0.15, 0.2) is 41.9 Å². The number of cyclic esters (lactones) is 1. The van der Waals surface area contributed by atoms with E-state index >= 15 is 0 Å². The first kappa shape index (κ1) is 19.5. The van der Waals surface area contributed by atoms with E-state index in [1.807, 2.05) is 6.07 Å². The van der Waals surface area contributed by atoms with Crippen LogP contribution in [-0.4, -0.2) is 17.5 Å². The largest absolute Gasteiger partial charge is 0.575 e. The van der Waals surface area contributed by atoms with E-state index in [1.54, 1.807) is 42.5 Å². The van der Waals surface area contributed by atoms with Crippen molar-refractivity contribution in [3.8, 4) is 18.2 Å². The molecule has 0 bridgehead atoms. The van der Waals surface area contributed by atoms with Gasteiger partial charge in [0.1, 0.15) is 0 Å². The number of nitrogens with zero attached hydrogens (tertiary/aromatic N) is 3. The van der Waals surface area contributed by atoms with Gasteiger partial charge in [-0.25, -0.2) is 4.79 Å². The number of esters is 1. The molecule has 0 unspecified atom stereocenters. The summed E-state index contributed by atoms with van der Waals surface area (Å²) < 4.78 is 10.2. The van der Waals surface area contributed by atoms with Gasteiger partial charge in [0.15, 0.2) is 11.7 Å². The summed E-state index contributed by atoms with van der Waals surface area (Å²) in [5.41, 5.74) is -0.576. The topological polar surface area (TPSA) is 154 Å². The third-order valence-corrected chi connectivity index (χ3v) is 3.96. The molecule has 1 N–H and O–H groups in total. The third kappa shape index (κ3) is 3.89. The quantitative estimate of drug-likeness (QED) is 0.613. The van der Waals surface area contributed by atoms with Crippen LogP contribution in [0.3, 0.4) is 0 Å². The van der Waals surface area contributed by atoms with Gasteiger partial charge in [-0.05, 0) is 19.4 Å². The Morgan fingerprint density at radius 3 is 2.19 bits per heavy atom. The maximum absolute atomic E-state index is 12.5. The molecular formula is C19H15N4O4-. The SMILES string of the molecule is CC1(C)OC(=O)C([C@H](c2ccccc2)[C@H](C#N)C(=N)C(C#N)C#N)=C([O-])O1.